The number of nitrogens with zero attached hydrogens (tertiary/aromatic N) is 3. The maximum absolute atomic E-state index is 12.5. The third kappa shape index (κ3) is 3.64. The number of nitrogens with one attached hydrogen (secondary N) is 2. The normalized spacial score (nSPS) is 10.7. The molecule has 0 bridgehead atoms. The lowest BCUT2D eigenvalue weighted by molar-refractivity contribution is -0.131. The van der Waals surface area contributed by atoms with Crippen LogP contribution in [0.15, 0.2) is 52.3 Å². The molecule has 1 aromatic carbocycles. The van der Waals surface area contributed by atoms with Crippen molar-refractivity contribution in [1.29, 1.82) is 0 Å². The van der Waals surface area contributed by atoms with Crippen molar-refractivity contribution in [2.24, 2.45) is 0 Å². The molecule has 8 nitrogen and oxygen atoms in total. The molecule has 3 rings (SSSR count). The average molecular weight is 353 g/mol. The lowest BCUT2D eigenvalue weighted by atomic mass is 10.1. The minimum atomic E-state index is -0.601. The number of benzene rings is 1. The van der Waals surface area contributed by atoms with Crippen LogP contribution in [0.5, 0.6) is 0 Å². The fourth-order valence-electron chi connectivity index (χ4n) is 2.63. The van der Waals surface area contributed by atoms with Gasteiger partial charge in [0.1, 0.15) is 6.54 Å². The van der Waals surface area contributed by atoms with Crippen molar-refractivity contribution in [2.45, 2.75) is 20.0 Å². The predicted molar refractivity (Wildman–Crippen MR) is 96.6 cm³/mol. The molecule has 26 heavy (non-hydrogen) atoms. The van der Waals surface area contributed by atoms with Crippen molar-refractivity contribution >= 4 is 5.91 Å². The molecule has 3 aromatic rings. The van der Waals surface area contributed by atoms with Crippen LogP contribution in [0.1, 0.15) is 11.1 Å². The van der Waals surface area contributed by atoms with Gasteiger partial charge in [0.15, 0.2) is 0 Å². The van der Waals surface area contributed by atoms with E-state index in [1.165, 1.54) is 15.7 Å². The summed E-state index contributed by atoms with van der Waals surface area (Å²) in [7, 11) is 1.66. The first-order chi connectivity index (χ1) is 12.5. The van der Waals surface area contributed by atoms with Gasteiger partial charge < -0.3 is 4.90 Å². The van der Waals surface area contributed by atoms with Crippen molar-refractivity contribution in [3.63, 3.8) is 0 Å². The molecule has 0 fully saturated rings. The number of rotatable bonds is 5. The van der Waals surface area contributed by atoms with Crippen LogP contribution in [0.4, 0.5) is 0 Å². The summed E-state index contributed by atoms with van der Waals surface area (Å²) in [6.07, 6.45) is 3.07. The standard InChI is InChI=1S/C18H19N5O3/c1-12-9-23(18(26)20-17(12)25)11-15(24)22(2)10-14-8-19-21-16(14)13-6-4-3-5-7-13/h3-9H,10-11H2,1-2H3,(H,19,21)(H,20,25,26). The molecule has 0 saturated carbocycles. The first kappa shape index (κ1) is 17.4. The van der Waals surface area contributed by atoms with Crippen LogP contribution >= 0.6 is 0 Å². The van der Waals surface area contributed by atoms with Gasteiger partial charge in [0.25, 0.3) is 5.56 Å². The molecule has 2 aromatic heterocycles. The van der Waals surface area contributed by atoms with Crippen molar-refractivity contribution in [1.82, 2.24) is 24.6 Å². The number of aromatic nitrogens is 4. The quantitative estimate of drug-likeness (QED) is 0.711. The molecule has 0 atom stereocenters. The van der Waals surface area contributed by atoms with E-state index < -0.39 is 11.2 Å². The molecule has 0 aliphatic rings. The fourth-order valence-corrected chi connectivity index (χ4v) is 2.63. The van der Waals surface area contributed by atoms with E-state index in [1.807, 2.05) is 30.3 Å². The molecule has 8 heteroatoms. The van der Waals surface area contributed by atoms with Crippen molar-refractivity contribution in [2.75, 3.05) is 7.05 Å². The molecule has 0 spiro atoms. The molecule has 134 valence electrons. The predicted octanol–water partition coefficient (Wildman–Crippen LogP) is 0.894. The summed E-state index contributed by atoms with van der Waals surface area (Å²) in [4.78, 5) is 39.4. The average Bonchev–Trinajstić information content (AvgIpc) is 3.08. The van der Waals surface area contributed by atoms with Crippen molar-refractivity contribution in [3.05, 3.63) is 74.7 Å². The minimum absolute atomic E-state index is 0.147. The van der Waals surface area contributed by atoms with Crippen LogP contribution in [0.25, 0.3) is 11.3 Å². The van der Waals surface area contributed by atoms with E-state index in [1.54, 1.807) is 20.2 Å². The number of hydrogen-bond acceptors (Lipinski definition) is 4. The largest absolute Gasteiger partial charge is 0.340 e. The fraction of sp³-hybridized carbons (Fsp3) is 0.222. The molecule has 1 amide bonds. The second kappa shape index (κ2) is 7.22. The topological polar surface area (TPSA) is 104 Å². The van der Waals surface area contributed by atoms with E-state index >= 15 is 0 Å². The van der Waals surface area contributed by atoms with Crippen LogP contribution in [-0.2, 0) is 17.9 Å². The molecule has 0 saturated heterocycles. The zero-order valence-corrected chi connectivity index (χ0v) is 14.5. The second-order valence-corrected chi connectivity index (χ2v) is 6.09. The maximum Gasteiger partial charge on any atom is 0.328 e. The number of amides is 1. The van der Waals surface area contributed by atoms with Crippen LogP contribution in [-0.4, -0.2) is 37.6 Å². The highest BCUT2D eigenvalue weighted by Gasteiger charge is 2.15. The molecule has 0 radical (unpaired) electrons. The van der Waals surface area contributed by atoms with Crippen molar-refractivity contribution < 1.29 is 4.79 Å². The van der Waals surface area contributed by atoms with Gasteiger partial charge in [-0.2, -0.15) is 5.10 Å². The Labute approximate surface area is 149 Å². The molecule has 0 unspecified atom stereocenters. The zero-order valence-electron chi connectivity index (χ0n) is 14.5. The highest BCUT2D eigenvalue weighted by molar-refractivity contribution is 5.76. The van der Waals surface area contributed by atoms with Gasteiger partial charge in [0, 0.05) is 30.9 Å². The Morgan fingerprint density at radius 1 is 1.23 bits per heavy atom. The van der Waals surface area contributed by atoms with E-state index in [-0.39, 0.29) is 12.5 Å². The summed E-state index contributed by atoms with van der Waals surface area (Å²) in [5, 5.41) is 7.03. The molecule has 0 aliphatic heterocycles. The second-order valence-electron chi connectivity index (χ2n) is 6.09. The third-order valence-corrected chi connectivity index (χ3v) is 4.11. The Kier molecular flexibility index (Phi) is 4.83. The summed E-state index contributed by atoms with van der Waals surface area (Å²) >= 11 is 0. The Bertz CT molecular complexity index is 1030. The van der Waals surface area contributed by atoms with Gasteiger partial charge in [0.2, 0.25) is 5.91 Å². The number of hydrogen-bond donors (Lipinski definition) is 2. The van der Waals surface area contributed by atoms with E-state index in [0.29, 0.717) is 12.1 Å². The highest BCUT2D eigenvalue weighted by Crippen LogP contribution is 2.21. The van der Waals surface area contributed by atoms with Gasteiger partial charge in [-0.15, -0.1) is 0 Å². The maximum atomic E-state index is 12.5. The molecule has 0 aliphatic carbocycles. The number of H-pyrrole nitrogens is 2. The van der Waals surface area contributed by atoms with Gasteiger partial charge in [-0.1, -0.05) is 30.3 Å². The van der Waals surface area contributed by atoms with Gasteiger partial charge in [-0.25, -0.2) is 4.79 Å². The summed E-state index contributed by atoms with van der Waals surface area (Å²) in [5.74, 6) is -0.251. The summed E-state index contributed by atoms with van der Waals surface area (Å²) < 4.78 is 1.20. The Morgan fingerprint density at radius 2 is 1.96 bits per heavy atom. The molecule has 2 heterocycles. The van der Waals surface area contributed by atoms with E-state index in [9.17, 15) is 14.4 Å². The summed E-state index contributed by atoms with van der Waals surface area (Å²) in [6, 6.07) is 9.71. The number of carbonyl (C=O) groups is 1. The Morgan fingerprint density at radius 3 is 2.69 bits per heavy atom. The monoisotopic (exact) mass is 353 g/mol. The SMILES string of the molecule is Cc1cn(CC(=O)N(C)Cc2cn[nH]c2-c2ccccc2)c(=O)[nH]c1=O. The summed E-state index contributed by atoms with van der Waals surface area (Å²) in [5.41, 5.74) is 2.03. The number of likely N-dealkylation sites (N-methyl/N-ethyl adjacent to an activating group) is 1. The van der Waals surface area contributed by atoms with Crippen LogP contribution < -0.4 is 11.2 Å². The highest BCUT2D eigenvalue weighted by atomic mass is 16.2. The van der Waals surface area contributed by atoms with Gasteiger partial charge in [0.05, 0.1) is 11.9 Å². The number of carbonyl (C=O) groups excluding carboxylic acids is 1. The van der Waals surface area contributed by atoms with Gasteiger partial charge >= 0.3 is 5.69 Å². The molecular formula is C18H19N5O3. The lowest BCUT2D eigenvalue weighted by Gasteiger charge is -2.18. The first-order valence-electron chi connectivity index (χ1n) is 8.07. The number of aryl methyl sites for hydroxylation is 1. The van der Waals surface area contributed by atoms with E-state index in [4.69, 9.17) is 0 Å². The number of aromatic amines is 2. The zero-order chi connectivity index (χ0) is 18.7. The first-order valence-corrected chi connectivity index (χ1v) is 8.07. The van der Waals surface area contributed by atoms with Crippen LogP contribution in [0.2, 0.25) is 0 Å². The summed E-state index contributed by atoms with van der Waals surface area (Å²) in [6.45, 7) is 1.78. The third-order valence-electron chi connectivity index (χ3n) is 4.11. The van der Waals surface area contributed by atoms with Gasteiger partial charge in [-0.3, -0.25) is 24.2 Å². The van der Waals surface area contributed by atoms with E-state index in [0.717, 1.165) is 16.8 Å². The molecular weight excluding hydrogens is 334 g/mol. The van der Waals surface area contributed by atoms with Crippen LogP contribution in [0, 0.1) is 6.92 Å². The Hall–Kier alpha value is -3.42. The Balaban J connectivity index is 1.75. The molecule has 2 N–H and O–H groups in total. The lowest BCUT2D eigenvalue weighted by Crippen LogP contribution is -2.37. The smallest absolute Gasteiger partial charge is 0.328 e. The minimum Gasteiger partial charge on any atom is -0.340 e. The van der Waals surface area contributed by atoms with Crippen LogP contribution in [0.3, 0.4) is 0 Å². The van der Waals surface area contributed by atoms with E-state index in [2.05, 4.69) is 15.2 Å². The van der Waals surface area contributed by atoms with Crippen molar-refractivity contribution in [3.8, 4) is 11.3 Å². The van der Waals surface area contributed by atoms with Gasteiger partial charge in [-0.05, 0) is 12.5 Å².